The average Bonchev–Trinajstić information content (AvgIpc) is 4.27. The molecule has 0 spiro atoms. The van der Waals surface area contributed by atoms with Gasteiger partial charge < -0.3 is 48.5 Å². The lowest BCUT2D eigenvalue weighted by atomic mass is 9.78. The van der Waals surface area contributed by atoms with Crippen LogP contribution >= 0.6 is 0 Å². The van der Waals surface area contributed by atoms with E-state index in [1.807, 2.05) is 84.9 Å². The zero-order chi connectivity index (χ0) is 48.9. The monoisotopic (exact) mass is 920 g/mol. The van der Waals surface area contributed by atoms with Crippen molar-refractivity contribution in [2.24, 2.45) is 5.92 Å². The van der Waals surface area contributed by atoms with Crippen molar-refractivity contribution in [2.75, 3.05) is 39.6 Å². The molecule has 0 saturated carbocycles. The third-order valence-electron chi connectivity index (χ3n) is 11.6. The summed E-state index contributed by atoms with van der Waals surface area (Å²) in [6, 6.07) is 29.9. The SMILES string of the molecule is C=C(C(=O)Oc1ccc(C(C)(C)c2ccc(O)cc2)cc1)C(CC1CO1)CC1CO1.C=C(C)C(=O)OCC(O)COc1ccc(C(C)(C)c2ccc(OCC(O)COC(=O)C(=C)C)cc2)cc1. The molecule has 6 rings (SSSR count). The van der Waals surface area contributed by atoms with E-state index in [2.05, 4.69) is 47.4 Å². The van der Waals surface area contributed by atoms with Gasteiger partial charge in [0.15, 0.2) is 0 Å². The van der Waals surface area contributed by atoms with E-state index < -0.39 is 30.1 Å². The zero-order valence-corrected chi connectivity index (χ0v) is 39.3. The van der Waals surface area contributed by atoms with Crippen LogP contribution in [-0.2, 0) is 44.2 Å². The van der Waals surface area contributed by atoms with E-state index in [1.165, 1.54) is 13.8 Å². The van der Waals surface area contributed by atoms with Gasteiger partial charge in [0.2, 0.25) is 0 Å². The molecule has 3 N–H and O–H groups in total. The highest BCUT2D eigenvalue weighted by atomic mass is 16.6. The van der Waals surface area contributed by atoms with Crippen LogP contribution in [0.4, 0.5) is 0 Å². The summed E-state index contributed by atoms with van der Waals surface area (Å²) in [7, 11) is 0. The zero-order valence-electron chi connectivity index (χ0n) is 39.3. The molecule has 13 heteroatoms. The van der Waals surface area contributed by atoms with Crippen molar-refractivity contribution in [2.45, 2.75) is 89.6 Å². The minimum atomic E-state index is -0.951. The van der Waals surface area contributed by atoms with Gasteiger partial charge in [-0.25, -0.2) is 14.4 Å². The van der Waals surface area contributed by atoms with E-state index >= 15 is 0 Å². The number of carbonyl (C=O) groups is 3. The molecule has 2 heterocycles. The molecule has 0 radical (unpaired) electrons. The summed E-state index contributed by atoms with van der Waals surface area (Å²) in [6.07, 6.45) is 0.112. The van der Waals surface area contributed by atoms with E-state index in [0.717, 1.165) is 48.3 Å². The fourth-order valence-electron chi connectivity index (χ4n) is 6.92. The van der Waals surface area contributed by atoms with Crippen LogP contribution in [0.25, 0.3) is 0 Å². The molecule has 4 unspecified atom stereocenters. The number of hydrogen-bond donors (Lipinski definition) is 3. The van der Waals surface area contributed by atoms with Gasteiger partial charge in [0.1, 0.15) is 61.6 Å². The number of phenols is 1. The number of carbonyl (C=O) groups excluding carboxylic acids is 3. The summed E-state index contributed by atoms with van der Waals surface area (Å²) in [4.78, 5) is 35.5. The number of rotatable bonds is 23. The van der Waals surface area contributed by atoms with Crippen LogP contribution in [0.5, 0.6) is 23.0 Å². The Balaban J connectivity index is 0.000000255. The Hall–Kier alpha value is -6.25. The Bertz CT molecular complexity index is 2210. The Morgan fingerprint density at radius 1 is 0.567 bits per heavy atom. The summed E-state index contributed by atoms with van der Waals surface area (Å²) in [5.41, 5.74) is 4.74. The van der Waals surface area contributed by atoms with Gasteiger partial charge in [0.05, 0.1) is 25.4 Å². The van der Waals surface area contributed by atoms with Crippen molar-refractivity contribution in [1.29, 1.82) is 0 Å². The van der Waals surface area contributed by atoms with Gasteiger partial charge in [-0.1, -0.05) is 96.0 Å². The van der Waals surface area contributed by atoms with Crippen LogP contribution in [0.15, 0.2) is 134 Å². The fraction of sp³-hybridized carbons (Fsp3) is 0.389. The largest absolute Gasteiger partial charge is 0.508 e. The van der Waals surface area contributed by atoms with Gasteiger partial charge in [0, 0.05) is 27.5 Å². The molecule has 2 aliphatic rings. The lowest BCUT2D eigenvalue weighted by Crippen LogP contribution is -2.25. The smallest absolute Gasteiger partial charge is 0.339 e. The molecule has 0 bridgehead atoms. The van der Waals surface area contributed by atoms with E-state index in [1.54, 1.807) is 12.1 Å². The highest BCUT2D eigenvalue weighted by Crippen LogP contribution is 2.36. The molecule has 4 aromatic rings. The molecular formula is C54H64O13. The highest BCUT2D eigenvalue weighted by molar-refractivity contribution is 5.90. The standard InChI is InChI=1S/C29H36O8.C25H28O5/c1-19(2)27(32)36-17-23(30)15-34-25-11-7-21(8-12-25)29(5,6)22-9-13-26(14-10-22)35-16-24(31)18-37-28(33)20(3)4;1-16(17(12-22-14-28-22)13-23-15-29-23)24(27)30-21-10-6-19(7-11-21)25(2,3)18-4-8-20(26)9-5-18/h7-14,23-24,30-31H,1,3,15-18H2,2,4-6H3;4-11,17,22-23,26H,1,12-15H2,2-3H3. The molecule has 67 heavy (non-hydrogen) atoms. The Kier molecular flexibility index (Phi) is 18.1. The van der Waals surface area contributed by atoms with E-state index in [4.69, 9.17) is 33.2 Å². The summed E-state index contributed by atoms with van der Waals surface area (Å²) in [6.45, 7) is 23.6. The van der Waals surface area contributed by atoms with Crippen molar-refractivity contribution in [3.05, 3.63) is 156 Å². The van der Waals surface area contributed by atoms with Gasteiger partial charge in [0.25, 0.3) is 0 Å². The Morgan fingerprint density at radius 3 is 1.22 bits per heavy atom. The molecule has 358 valence electrons. The topological polar surface area (TPSA) is 183 Å². The maximum atomic E-state index is 12.7. The quantitative estimate of drug-likeness (QED) is 0.0281. The second-order valence-electron chi connectivity index (χ2n) is 18.1. The lowest BCUT2D eigenvalue weighted by Gasteiger charge is -2.26. The second kappa shape index (κ2) is 23.5. The van der Waals surface area contributed by atoms with Crippen LogP contribution in [0.2, 0.25) is 0 Å². The molecule has 2 saturated heterocycles. The van der Waals surface area contributed by atoms with Crippen molar-refractivity contribution >= 4 is 17.9 Å². The van der Waals surface area contributed by atoms with Crippen molar-refractivity contribution in [3.63, 3.8) is 0 Å². The number of epoxide rings is 2. The first-order valence-corrected chi connectivity index (χ1v) is 22.2. The molecule has 2 fully saturated rings. The molecule has 2 aliphatic heterocycles. The minimum absolute atomic E-state index is 0.0152. The van der Waals surface area contributed by atoms with Crippen LogP contribution in [-0.4, -0.2) is 97.3 Å². The number of benzene rings is 4. The van der Waals surface area contributed by atoms with Crippen LogP contribution in [0.3, 0.4) is 0 Å². The third-order valence-corrected chi connectivity index (χ3v) is 11.6. The lowest BCUT2D eigenvalue weighted by molar-refractivity contribution is -0.143. The molecule has 0 aliphatic carbocycles. The number of aliphatic hydroxyl groups excluding tert-OH is 2. The normalized spacial score (nSPS) is 16.4. The van der Waals surface area contributed by atoms with Gasteiger partial charge in [-0.2, -0.15) is 0 Å². The average molecular weight is 921 g/mol. The first-order valence-electron chi connectivity index (χ1n) is 22.2. The summed E-state index contributed by atoms with van der Waals surface area (Å²) < 4.78 is 37.3. The number of aromatic hydroxyl groups is 1. The predicted molar refractivity (Wildman–Crippen MR) is 253 cm³/mol. The van der Waals surface area contributed by atoms with Gasteiger partial charge in [-0.15, -0.1) is 0 Å². The number of ether oxygens (including phenoxy) is 7. The first-order chi connectivity index (χ1) is 31.7. The Labute approximate surface area is 393 Å². The van der Waals surface area contributed by atoms with E-state index in [0.29, 0.717) is 22.8 Å². The van der Waals surface area contributed by atoms with Crippen molar-refractivity contribution in [3.8, 4) is 23.0 Å². The van der Waals surface area contributed by atoms with E-state index in [-0.39, 0.29) is 72.3 Å². The number of esters is 3. The molecule has 0 amide bonds. The van der Waals surface area contributed by atoms with Crippen LogP contribution in [0.1, 0.15) is 76.6 Å². The molecule has 0 aromatic heterocycles. The molecule has 4 aromatic carbocycles. The third kappa shape index (κ3) is 16.0. The van der Waals surface area contributed by atoms with Gasteiger partial charge in [-0.3, -0.25) is 0 Å². The summed E-state index contributed by atoms with van der Waals surface area (Å²) in [5, 5.41) is 29.4. The number of hydrogen-bond acceptors (Lipinski definition) is 13. The van der Waals surface area contributed by atoms with Crippen molar-refractivity contribution < 1.29 is 62.9 Å². The predicted octanol–water partition coefficient (Wildman–Crippen LogP) is 8.10. The molecule has 13 nitrogen and oxygen atoms in total. The molecular weight excluding hydrogens is 857 g/mol. The van der Waals surface area contributed by atoms with E-state index in [9.17, 15) is 29.7 Å². The Morgan fingerprint density at radius 2 is 0.896 bits per heavy atom. The fourth-order valence-corrected chi connectivity index (χ4v) is 6.92. The van der Waals surface area contributed by atoms with Crippen molar-refractivity contribution in [1.82, 2.24) is 0 Å². The van der Waals surface area contributed by atoms with Crippen LogP contribution in [0, 0.1) is 5.92 Å². The van der Waals surface area contributed by atoms with Gasteiger partial charge in [-0.05, 0) is 103 Å². The first kappa shape index (κ1) is 51.7. The maximum absolute atomic E-state index is 12.7. The van der Waals surface area contributed by atoms with Crippen LogP contribution < -0.4 is 14.2 Å². The second-order valence-corrected chi connectivity index (χ2v) is 18.1. The highest BCUT2D eigenvalue weighted by Gasteiger charge is 2.35. The van der Waals surface area contributed by atoms with Gasteiger partial charge >= 0.3 is 17.9 Å². The number of aliphatic hydroxyl groups is 2. The maximum Gasteiger partial charge on any atom is 0.339 e. The minimum Gasteiger partial charge on any atom is -0.508 e. The summed E-state index contributed by atoms with van der Waals surface area (Å²) in [5.74, 6) is 0.431. The number of phenolic OH excluding ortho intramolecular Hbond substituents is 1. The molecule has 4 atom stereocenters. The summed E-state index contributed by atoms with van der Waals surface area (Å²) >= 11 is 0.